The zero-order valence-corrected chi connectivity index (χ0v) is 11.4. The molecule has 1 saturated heterocycles. The highest BCUT2D eigenvalue weighted by Gasteiger charge is 2.33. The van der Waals surface area contributed by atoms with E-state index in [1.165, 1.54) is 45.4 Å². The first kappa shape index (κ1) is 14.9. The summed E-state index contributed by atoms with van der Waals surface area (Å²) >= 11 is 0. The Hall–Kier alpha value is -0.0800. The zero-order valence-electron chi connectivity index (χ0n) is 11.4. The molecule has 1 aliphatic heterocycles. The summed E-state index contributed by atoms with van der Waals surface area (Å²) in [6, 6.07) is 0. The molecule has 0 saturated carbocycles. The third kappa shape index (κ3) is 4.98. The minimum Gasteiger partial charge on any atom is -0.316 e. The Morgan fingerprint density at radius 3 is 2.33 bits per heavy atom. The molecule has 1 fully saturated rings. The molecule has 1 unspecified atom stereocenters. The summed E-state index contributed by atoms with van der Waals surface area (Å²) in [6.45, 7) is 13.4. The molecule has 1 heterocycles. The summed E-state index contributed by atoms with van der Waals surface area (Å²) < 4.78 is 0. The number of hydrogen-bond donors (Lipinski definition) is 1. The lowest BCUT2D eigenvalue weighted by Crippen LogP contribution is -2.37. The average Bonchev–Trinajstić information content (AvgIpc) is 2.70. The van der Waals surface area contributed by atoms with Crippen molar-refractivity contribution in [2.24, 2.45) is 5.41 Å². The third-order valence-electron chi connectivity index (χ3n) is 3.26. The molecule has 1 atom stereocenters. The summed E-state index contributed by atoms with van der Waals surface area (Å²) in [4.78, 5) is 2.45. The molecule has 0 amide bonds. The van der Waals surface area contributed by atoms with Gasteiger partial charge in [-0.15, -0.1) is 0 Å². The lowest BCUT2D eigenvalue weighted by molar-refractivity contribution is 0.183. The standard InChI is InChI=1S/C11H24N2.C2H6/c1-4-6-11(7-8-12-9-11)10-13(3)5-2;1-2/h12H,4-10H2,1-3H3;1-2H3. The number of nitrogens with one attached hydrogen (secondary N) is 1. The minimum absolute atomic E-state index is 0.583. The highest BCUT2D eigenvalue weighted by atomic mass is 15.1. The van der Waals surface area contributed by atoms with Gasteiger partial charge in [-0.25, -0.2) is 0 Å². The van der Waals surface area contributed by atoms with E-state index >= 15 is 0 Å². The first-order chi connectivity index (χ1) is 7.22. The van der Waals surface area contributed by atoms with Crippen LogP contribution in [0.4, 0.5) is 0 Å². The molecule has 92 valence electrons. The predicted octanol–water partition coefficient (Wildman–Crippen LogP) is 2.74. The van der Waals surface area contributed by atoms with E-state index in [2.05, 4.69) is 31.1 Å². The van der Waals surface area contributed by atoms with Crippen LogP contribution < -0.4 is 5.32 Å². The van der Waals surface area contributed by atoms with E-state index in [0.29, 0.717) is 5.41 Å². The fraction of sp³-hybridized carbons (Fsp3) is 1.00. The zero-order chi connectivity index (χ0) is 11.7. The van der Waals surface area contributed by atoms with Gasteiger partial charge in [-0.1, -0.05) is 34.1 Å². The fourth-order valence-corrected chi connectivity index (χ4v) is 2.44. The van der Waals surface area contributed by atoms with Crippen molar-refractivity contribution in [1.29, 1.82) is 0 Å². The summed E-state index contributed by atoms with van der Waals surface area (Å²) in [7, 11) is 2.23. The molecule has 0 aromatic heterocycles. The monoisotopic (exact) mass is 214 g/mol. The maximum atomic E-state index is 3.50. The van der Waals surface area contributed by atoms with E-state index in [4.69, 9.17) is 0 Å². The van der Waals surface area contributed by atoms with E-state index in [-0.39, 0.29) is 0 Å². The summed E-state index contributed by atoms with van der Waals surface area (Å²) in [5.41, 5.74) is 0.583. The molecule has 0 spiro atoms. The molecule has 0 aromatic rings. The number of nitrogens with zero attached hydrogens (tertiary/aromatic N) is 1. The average molecular weight is 214 g/mol. The van der Waals surface area contributed by atoms with Crippen molar-refractivity contribution in [3.8, 4) is 0 Å². The van der Waals surface area contributed by atoms with E-state index in [9.17, 15) is 0 Å². The molecule has 0 radical (unpaired) electrons. The fourth-order valence-electron chi connectivity index (χ4n) is 2.44. The van der Waals surface area contributed by atoms with Gasteiger partial charge < -0.3 is 10.2 Å². The van der Waals surface area contributed by atoms with Crippen LogP contribution in [0.15, 0.2) is 0 Å². The molecule has 2 nitrogen and oxygen atoms in total. The van der Waals surface area contributed by atoms with Crippen LogP contribution in [-0.2, 0) is 0 Å². The van der Waals surface area contributed by atoms with E-state index < -0.39 is 0 Å². The van der Waals surface area contributed by atoms with Crippen LogP contribution in [0.25, 0.3) is 0 Å². The maximum absolute atomic E-state index is 3.50. The normalized spacial score (nSPS) is 25.2. The first-order valence-corrected chi connectivity index (χ1v) is 6.62. The van der Waals surface area contributed by atoms with Crippen molar-refractivity contribution >= 4 is 0 Å². The maximum Gasteiger partial charge on any atom is 0.00474 e. The lowest BCUT2D eigenvalue weighted by atomic mass is 9.82. The molecule has 0 bridgehead atoms. The van der Waals surface area contributed by atoms with Crippen molar-refractivity contribution < 1.29 is 0 Å². The minimum atomic E-state index is 0.583. The van der Waals surface area contributed by atoms with Crippen molar-refractivity contribution in [1.82, 2.24) is 10.2 Å². The Balaban J connectivity index is 0.000000921. The highest BCUT2D eigenvalue weighted by Crippen LogP contribution is 2.31. The molecular weight excluding hydrogens is 184 g/mol. The smallest absolute Gasteiger partial charge is 0.00474 e. The summed E-state index contributed by atoms with van der Waals surface area (Å²) in [6.07, 6.45) is 4.06. The number of rotatable bonds is 5. The van der Waals surface area contributed by atoms with Gasteiger partial charge in [0.1, 0.15) is 0 Å². The molecule has 0 aromatic carbocycles. The largest absolute Gasteiger partial charge is 0.316 e. The van der Waals surface area contributed by atoms with Gasteiger partial charge in [0.15, 0.2) is 0 Å². The van der Waals surface area contributed by atoms with Gasteiger partial charge in [0.25, 0.3) is 0 Å². The Morgan fingerprint density at radius 1 is 1.27 bits per heavy atom. The van der Waals surface area contributed by atoms with Crippen molar-refractivity contribution in [3.63, 3.8) is 0 Å². The van der Waals surface area contributed by atoms with Crippen LogP contribution in [0.1, 0.15) is 47.0 Å². The Labute approximate surface area is 96.4 Å². The SMILES string of the molecule is CC.CCCC1(CN(C)CC)CCNC1. The Bertz CT molecular complexity index is 139. The second kappa shape index (κ2) is 8.12. The summed E-state index contributed by atoms with van der Waals surface area (Å²) in [5.74, 6) is 0. The molecule has 1 aliphatic rings. The van der Waals surface area contributed by atoms with Crippen LogP contribution in [0.5, 0.6) is 0 Å². The van der Waals surface area contributed by atoms with E-state index in [1.54, 1.807) is 0 Å². The van der Waals surface area contributed by atoms with Crippen molar-refractivity contribution in [3.05, 3.63) is 0 Å². The van der Waals surface area contributed by atoms with Crippen molar-refractivity contribution in [2.45, 2.75) is 47.0 Å². The van der Waals surface area contributed by atoms with Gasteiger partial charge in [0.05, 0.1) is 0 Å². The molecule has 1 rings (SSSR count). The molecule has 0 aliphatic carbocycles. The Morgan fingerprint density at radius 2 is 1.93 bits per heavy atom. The van der Waals surface area contributed by atoms with Crippen LogP contribution in [-0.4, -0.2) is 38.1 Å². The second-order valence-corrected chi connectivity index (χ2v) is 4.51. The first-order valence-electron chi connectivity index (χ1n) is 6.62. The Kier molecular flexibility index (Phi) is 8.07. The van der Waals surface area contributed by atoms with Crippen LogP contribution in [0, 0.1) is 5.41 Å². The van der Waals surface area contributed by atoms with Gasteiger partial charge in [-0.3, -0.25) is 0 Å². The van der Waals surface area contributed by atoms with E-state index in [1.807, 2.05) is 13.8 Å². The third-order valence-corrected chi connectivity index (χ3v) is 3.26. The predicted molar refractivity (Wildman–Crippen MR) is 69.3 cm³/mol. The van der Waals surface area contributed by atoms with Crippen LogP contribution in [0.3, 0.4) is 0 Å². The molecule has 2 heteroatoms. The van der Waals surface area contributed by atoms with Gasteiger partial charge in [0.2, 0.25) is 0 Å². The topological polar surface area (TPSA) is 15.3 Å². The molecule has 15 heavy (non-hydrogen) atoms. The van der Waals surface area contributed by atoms with Crippen molar-refractivity contribution in [2.75, 3.05) is 33.2 Å². The molecular formula is C13H30N2. The van der Waals surface area contributed by atoms with Crippen LogP contribution in [0.2, 0.25) is 0 Å². The lowest BCUT2D eigenvalue weighted by Gasteiger charge is -2.32. The second-order valence-electron chi connectivity index (χ2n) is 4.51. The van der Waals surface area contributed by atoms with Crippen LogP contribution >= 0.6 is 0 Å². The quantitative estimate of drug-likeness (QED) is 0.757. The highest BCUT2D eigenvalue weighted by molar-refractivity contribution is 4.89. The molecule has 1 N–H and O–H groups in total. The van der Waals surface area contributed by atoms with Gasteiger partial charge in [0, 0.05) is 13.1 Å². The van der Waals surface area contributed by atoms with Gasteiger partial charge in [-0.05, 0) is 38.4 Å². The van der Waals surface area contributed by atoms with E-state index in [0.717, 1.165) is 0 Å². The van der Waals surface area contributed by atoms with Gasteiger partial charge >= 0.3 is 0 Å². The van der Waals surface area contributed by atoms with Gasteiger partial charge in [-0.2, -0.15) is 0 Å². The summed E-state index contributed by atoms with van der Waals surface area (Å²) in [5, 5.41) is 3.50. The number of hydrogen-bond acceptors (Lipinski definition) is 2.